The predicted octanol–water partition coefficient (Wildman–Crippen LogP) is 3.31. The largest absolute Gasteiger partial charge is 0.443 e. The van der Waals surface area contributed by atoms with Crippen LogP contribution in [0.2, 0.25) is 0 Å². The first-order valence-corrected chi connectivity index (χ1v) is 8.90. The normalized spacial score (nSPS) is 11.7. The van der Waals surface area contributed by atoms with Gasteiger partial charge in [-0.05, 0) is 13.0 Å². The number of anilines is 1. The van der Waals surface area contributed by atoms with Gasteiger partial charge in [-0.15, -0.1) is 24.0 Å². The Balaban J connectivity index is 0.00000364. The molecule has 0 fully saturated rings. The third-order valence-electron chi connectivity index (χ3n) is 3.74. The van der Waals surface area contributed by atoms with E-state index >= 15 is 0 Å². The fraction of sp³-hybridized carbons (Fsp3) is 0.526. The van der Waals surface area contributed by atoms with E-state index in [1.165, 1.54) is 0 Å². The minimum absolute atomic E-state index is 0. The fourth-order valence-electron chi connectivity index (χ4n) is 2.36. The van der Waals surface area contributed by atoms with E-state index in [0.717, 1.165) is 29.6 Å². The van der Waals surface area contributed by atoms with Crippen molar-refractivity contribution in [2.75, 3.05) is 25.5 Å². The van der Waals surface area contributed by atoms with E-state index in [9.17, 15) is 0 Å². The second-order valence-electron chi connectivity index (χ2n) is 7.30. The number of guanidine groups is 1. The standard InChI is InChI=1S/C19H30N6O.HI/c1-7-20-18(23-11-14-9-8-10-21-17(14)25(5)6)24-13-16-22-12-15(26-16)19(2,3)4;/h8-10,12H,7,11,13H2,1-6H3,(H2,20,23,24);1H. The minimum atomic E-state index is -0.0489. The number of nitrogens with one attached hydrogen (secondary N) is 2. The summed E-state index contributed by atoms with van der Waals surface area (Å²) in [5.41, 5.74) is 1.02. The molecule has 0 amide bonds. The zero-order valence-electron chi connectivity index (χ0n) is 17.0. The number of hydrogen-bond donors (Lipinski definition) is 2. The Morgan fingerprint density at radius 1 is 1.22 bits per heavy atom. The molecule has 0 aromatic carbocycles. The van der Waals surface area contributed by atoms with E-state index in [4.69, 9.17) is 4.42 Å². The van der Waals surface area contributed by atoms with Crippen LogP contribution in [-0.2, 0) is 18.5 Å². The van der Waals surface area contributed by atoms with Crippen molar-refractivity contribution in [3.8, 4) is 0 Å². The van der Waals surface area contributed by atoms with E-state index in [-0.39, 0.29) is 29.4 Å². The van der Waals surface area contributed by atoms with Gasteiger partial charge >= 0.3 is 0 Å². The van der Waals surface area contributed by atoms with Gasteiger partial charge in [0.2, 0.25) is 5.89 Å². The molecule has 0 spiro atoms. The van der Waals surface area contributed by atoms with Crippen molar-refractivity contribution >= 4 is 35.8 Å². The highest BCUT2D eigenvalue weighted by Gasteiger charge is 2.19. The molecule has 0 saturated carbocycles. The number of pyridine rings is 1. The lowest BCUT2D eigenvalue weighted by atomic mass is 9.94. The fourth-order valence-corrected chi connectivity index (χ4v) is 2.36. The van der Waals surface area contributed by atoms with E-state index in [2.05, 4.69) is 46.4 Å². The third-order valence-corrected chi connectivity index (χ3v) is 3.74. The summed E-state index contributed by atoms with van der Waals surface area (Å²) in [6.07, 6.45) is 3.58. The molecule has 0 radical (unpaired) electrons. The van der Waals surface area contributed by atoms with Crippen molar-refractivity contribution in [3.05, 3.63) is 41.7 Å². The highest BCUT2D eigenvalue weighted by Crippen LogP contribution is 2.22. The van der Waals surface area contributed by atoms with Gasteiger partial charge in [-0.1, -0.05) is 26.8 Å². The van der Waals surface area contributed by atoms with Crippen LogP contribution in [0.3, 0.4) is 0 Å². The summed E-state index contributed by atoms with van der Waals surface area (Å²) in [4.78, 5) is 15.4. The molecule has 2 heterocycles. The summed E-state index contributed by atoms with van der Waals surface area (Å²) in [6.45, 7) is 10.1. The summed E-state index contributed by atoms with van der Waals surface area (Å²) in [5, 5.41) is 6.51. The molecule has 2 aromatic heterocycles. The second kappa shape index (κ2) is 10.5. The molecular weight excluding hydrogens is 455 g/mol. The SMILES string of the molecule is CCNC(=NCc1cccnc1N(C)C)NCc1ncc(C(C)(C)C)o1.I. The van der Waals surface area contributed by atoms with Crippen LogP contribution in [0.15, 0.2) is 33.9 Å². The summed E-state index contributed by atoms with van der Waals surface area (Å²) in [5.74, 6) is 3.17. The number of aromatic nitrogens is 2. The summed E-state index contributed by atoms with van der Waals surface area (Å²) in [6, 6.07) is 3.97. The average Bonchev–Trinajstić information content (AvgIpc) is 3.07. The zero-order chi connectivity index (χ0) is 19.2. The molecule has 0 bridgehead atoms. The molecule has 0 aliphatic heterocycles. The van der Waals surface area contributed by atoms with E-state index in [0.29, 0.717) is 19.0 Å². The Morgan fingerprint density at radius 2 is 1.96 bits per heavy atom. The highest BCUT2D eigenvalue weighted by molar-refractivity contribution is 14.0. The van der Waals surface area contributed by atoms with Gasteiger partial charge in [0.1, 0.15) is 11.6 Å². The Kier molecular flexibility index (Phi) is 9.01. The molecule has 0 unspecified atom stereocenters. The van der Waals surface area contributed by atoms with Gasteiger partial charge in [0.15, 0.2) is 5.96 Å². The first-order valence-electron chi connectivity index (χ1n) is 8.90. The molecule has 150 valence electrons. The maximum absolute atomic E-state index is 5.82. The topological polar surface area (TPSA) is 78.6 Å². The molecule has 0 saturated heterocycles. The maximum atomic E-state index is 5.82. The second-order valence-corrected chi connectivity index (χ2v) is 7.30. The van der Waals surface area contributed by atoms with Crippen molar-refractivity contribution < 1.29 is 4.42 Å². The van der Waals surface area contributed by atoms with Gasteiger partial charge in [0, 0.05) is 37.8 Å². The lowest BCUT2D eigenvalue weighted by Crippen LogP contribution is -2.36. The van der Waals surface area contributed by atoms with Crippen LogP contribution in [0.1, 0.15) is 44.9 Å². The molecular formula is C19H31IN6O. The van der Waals surface area contributed by atoms with Crippen molar-refractivity contribution in [3.63, 3.8) is 0 Å². The molecule has 7 nitrogen and oxygen atoms in total. The van der Waals surface area contributed by atoms with Gasteiger partial charge in [-0.2, -0.15) is 0 Å². The summed E-state index contributed by atoms with van der Waals surface area (Å²) < 4.78 is 5.82. The van der Waals surface area contributed by atoms with Crippen LogP contribution in [0, 0.1) is 0 Å². The van der Waals surface area contributed by atoms with E-state index in [1.807, 2.05) is 38.1 Å². The highest BCUT2D eigenvalue weighted by atomic mass is 127. The molecule has 0 aliphatic rings. The summed E-state index contributed by atoms with van der Waals surface area (Å²) >= 11 is 0. The lowest BCUT2D eigenvalue weighted by molar-refractivity contribution is 0.379. The number of hydrogen-bond acceptors (Lipinski definition) is 5. The number of aliphatic imine (C=N–C) groups is 1. The zero-order valence-corrected chi connectivity index (χ0v) is 19.4. The average molecular weight is 486 g/mol. The van der Waals surface area contributed by atoms with Crippen LogP contribution < -0.4 is 15.5 Å². The van der Waals surface area contributed by atoms with Gasteiger partial charge in [0.05, 0.1) is 19.3 Å². The molecule has 27 heavy (non-hydrogen) atoms. The molecule has 2 N–H and O–H groups in total. The van der Waals surface area contributed by atoms with Crippen molar-refractivity contribution in [1.29, 1.82) is 0 Å². The van der Waals surface area contributed by atoms with Crippen molar-refractivity contribution in [2.24, 2.45) is 4.99 Å². The van der Waals surface area contributed by atoms with E-state index in [1.54, 1.807) is 12.4 Å². The molecule has 8 heteroatoms. The maximum Gasteiger partial charge on any atom is 0.213 e. The first kappa shape index (κ1) is 23.2. The Labute approximate surface area is 179 Å². The summed E-state index contributed by atoms with van der Waals surface area (Å²) in [7, 11) is 3.96. The number of nitrogens with zero attached hydrogens (tertiary/aromatic N) is 4. The van der Waals surface area contributed by atoms with E-state index < -0.39 is 0 Å². The predicted molar refractivity (Wildman–Crippen MR) is 121 cm³/mol. The Morgan fingerprint density at radius 3 is 2.56 bits per heavy atom. The van der Waals surface area contributed by atoms with Crippen LogP contribution in [0.25, 0.3) is 0 Å². The smallest absolute Gasteiger partial charge is 0.213 e. The Bertz CT molecular complexity index is 736. The van der Waals surface area contributed by atoms with Crippen LogP contribution in [0.5, 0.6) is 0 Å². The van der Waals surface area contributed by atoms with Gasteiger partial charge < -0.3 is 20.0 Å². The first-order chi connectivity index (χ1) is 12.3. The van der Waals surface area contributed by atoms with Gasteiger partial charge in [0.25, 0.3) is 0 Å². The number of halogens is 1. The van der Waals surface area contributed by atoms with Crippen LogP contribution in [0.4, 0.5) is 5.82 Å². The molecule has 0 aliphatic carbocycles. The number of rotatable bonds is 6. The van der Waals surface area contributed by atoms with Gasteiger partial charge in [-0.3, -0.25) is 0 Å². The van der Waals surface area contributed by atoms with Gasteiger partial charge in [-0.25, -0.2) is 15.0 Å². The van der Waals surface area contributed by atoms with Crippen molar-refractivity contribution in [2.45, 2.75) is 46.2 Å². The third kappa shape index (κ3) is 7.00. The Hall–Kier alpha value is -1.84. The van der Waals surface area contributed by atoms with Crippen LogP contribution >= 0.6 is 24.0 Å². The quantitative estimate of drug-likeness (QED) is 0.371. The monoisotopic (exact) mass is 486 g/mol. The molecule has 2 rings (SSSR count). The lowest BCUT2D eigenvalue weighted by Gasteiger charge is -2.15. The molecule has 2 aromatic rings. The minimum Gasteiger partial charge on any atom is -0.443 e. The van der Waals surface area contributed by atoms with Crippen molar-refractivity contribution in [1.82, 2.24) is 20.6 Å². The molecule has 0 atom stereocenters. The van der Waals surface area contributed by atoms with Crippen LogP contribution in [-0.4, -0.2) is 36.6 Å². The number of oxazole rings is 1.